The first-order valence-electron chi connectivity index (χ1n) is 10.3. The summed E-state index contributed by atoms with van der Waals surface area (Å²) in [5, 5.41) is 20.3. The third kappa shape index (κ3) is 7.36. The summed E-state index contributed by atoms with van der Waals surface area (Å²) in [4.78, 5) is 42.4. The fraction of sp³-hybridized carbons (Fsp3) is 0.318. The van der Waals surface area contributed by atoms with Gasteiger partial charge in [0.05, 0.1) is 24.6 Å². The molecule has 0 atom stereocenters. The van der Waals surface area contributed by atoms with E-state index in [1.807, 2.05) is 39.1 Å². The Morgan fingerprint density at radius 2 is 1.71 bits per heavy atom. The summed E-state index contributed by atoms with van der Waals surface area (Å²) in [6.45, 7) is 6.88. The number of hydrogen-bond acceptors (Lipinski definition) is 9. The average molecular weight is 473 g/mol. The van der Waals surface area contributed by atoms with E-state index in [4.69, 9.17) is 20.3 Å². The van der Waals surface area contributed by atoms with Crippen molar-refractivity contribution >= 4 is 23.3 Å². The predicted octanol–water partition coefficient (Wildman–Crippen LogP) is 1.45. The summed E-state index contributed by atoms with van der Waals surface area (Å²) in [5.74, 6) is -1.41. The molecular formula is C22H27N5O7. The van der Waals surface area contributed by atoms with E-state index in [1.165, 1.54) is 12.3 Å². The van der Waals surface area contributed by atoms with Gasteiger partial charge >= 0.3 is 5.97 Å². The van der Waals surface area contributed by atoms with Gasteiger partial charge in [-0.2, -0.15) is 4.98 Å². The lowest BCUT2D eigenvalue weighted by Crippen LogP contribution is -2.34. The Hall–Kier alpha value is -4.35. The molecule has 12 heteroatoms. The summed E-state index contributed by atoms with van der Waals surface area (Å²) >= 11 is 0. The molecule has 182 valence electrons. The van der Waals surface area contributed by atoms with Crippen molar-refractivity contribution in [1.29, 1.82) is 0 Å². The second-order valence-corrected chi connectivity index (χ2v) is 7.54. The standard InChI is InChI=1S/C14H15N3O6.C8H12N2O/c1-7(2)23-8-3-4-9-16-13(21)11(14(22)17(9)6-8)12(20)15-5-10(18)19;1-6(2)11-7-3-4-8(9)10-5-7/h3-4,6-7,21H,5H2,1-2H3,(H,15,20)(H,18,19);3-6H,1-2H3,(H2,9,10). The van der Waals surface area contributed by atoms with Crippen LogP contribution in [0.25, 0.3) is 5.65 Å². The number of anilines is 1. The molecule has 5 N–H and O–H groups in total. The molecule has 0 aliphatic heterocycles. The second kappa shape index (κ2) is 11.5. The van der Waals surface area contributed by atoms with Crippen molar-refractivity contribution < 1.29 is 29.3 Å². The fourth-order valence-electron chi connectivity index (χ4n) is 2.63. The number of nitrogen functional groups attached to an aromatic ring is 1. The number of aliphatic carboxylic acids is 1. The number of fused-ring (bicyclic) bond motifs is 1. The second-order valence-electron chi connectivity index (χ2n) is 7.54. The number of pyridine rings is 2. The first kappa shape index (κ1) is 25.9. The maximum absolute atomic E-state index is 12.4. The molecule has 1 amide bonds. The molecule has 0 fully saturated rings. The fourth-order valence-corrected chi connectivity index (χ4v) is 2.63. The van der Waals surface area contributed by atoms with Crippen LogP contribution in [0.2, 0.25) is 0 Å². The van der Waals surface area contributed by atoms with E-state index < -0.39 is 35.4 Å². The van der Waals surface area contributed by atoms with Gasteiger partial charge in [-0.15, -0.1) is 0 Å². The van der Waals surface area contributed by atoms with E-state index in [2.05, 4.69) is 9.97 Å². The number of aromatic nitrogens is 3. The van der Waals surface area contributed by atoms with Crippen LogP contribution in [0.15, 0.2) is 41.5 Å². The van der Waals surface area contributed by atoms with E-state index in [1.54, 1.807) is 18.3 Å². The lowest BCUT2D eigenvalue weighted by atomic mass is 10.2. The lowest BCUT2D eigenvalue weighted by Gasteiger charge is -2.11. The molecule has 3 rings (SSSR count). The number of amides is 1. The van der Waals surface area contributed by atoms with Crippen LogP contribution in [0.4, 0.5) is 5.82 Å². The van der Waals surface area contributed by atoms with Crippen LogP contribution in [-0.4, -0.2) is 55.2 Å². The molecule has 0 aromatic carbocycles. The molecule has 34 heavy (non-hydrogen) atoms. The topological polar surface area (TPSA) is 178 Å². The molecule has 0 unspecified atom stereocenters. The van der Waals surface area contributed by atoms with Gasteiger partial charge in [0.1, 0.15) is 29.5 Å². The number of rotatable bonds is 7. The van der Waals surface area contributed by atoms with Gasteiger partial charge in [-0.05, 0) is 52.0 Å². The summed E-state index contributed by atoms with van der Waals surface area (Å²) in [7, 11) is 0. The summed E-state index contributed by atoms with van der Waals surface area (Å²) < 4.78 is 11.9. The van der Waals surface area contributed by atoms with Crippen LogP contribution in [-0.2, 0) is 4.79 Å². The molecule has 0 spiro atoms. The minimum atomic E-state index is -1.28. The van der Waals surface area contributed by atoms with Crippen molar-refractivity contribution in [3.63, 3.8) is 0 Å². The van der Waals surface area contributed by atoms with Gasteiger partial charge in [-0.3, -0.25) is 18.8 Å². The molecule has 0 aliphatic carbocycles. The zero-order valence-electron chi connectivity index (χ0n) is 19.2. The van der Waals surface area contributed by atoms with Gasteiger partial charge < -0.3 is 30.7 Å². The molecule has 3 heterocycles. The Bertz CT molecular complexity index is 1210. The highest BCUT2D eigenvalue weighted by atomic mass is 16.5. The summed E-state index contributed by atoms with van der Waals surface area (Å²) in [6.07, 6.45) is 3.03. The van der Waals surface area contributed by atoms with E-state index in [0.717, 1.165) is 10.2 Å². The first-order valence-corrected chi connectivity index (χ1v) is 10.3. The van der Waals surface area contributed by atoms with Crippen LogP contribution >= 0.6 is 0 Å². The third-order valence-corrected chi connectivity index (χ3v) is 3.91. The maximum atomic E-state index is 12.4. The molecule has 0 saturated heterocycles. The van der Waals surface area contributed by atoms with Gasteiger partial charge in [0.25, 0.3) is 11.5 Å². The SMILES string of the molecule is CC(C)Oc1ccc(N)nc1.CC(C)Oc1ccc2nc(O)c(C(=O)NCC(=O)O)c(=O)n2c1. The van der Waals surface area contributed by atoms with Crippen LogP contribution in [0, 0.1) is 0 Å². The zero-order chi connectivity index (χ0) is 25.4. The number of nitrogens with zero attached hydrogens (tertiary/aromatic N) is 3. The van der Waals surface area contributed by atoms with Crippen molar-refractivity contribution in [2.45, 2.75) is 39.9 Å². The van der Waals surface area contributed by atoms with Crippen LogP contribution in [0.3, 0.4) is 0 Å². The van der Waals surface area contributed by atoms with Crippen molar-refractivity contribution in [1.82, 2.24) is 19.7 Å². The zero-order valence-corrected chi connectivity index (χ0v) is 19.2. The Morgan fingerprint density at radius 3 is 2.26 bits per heavy atom. The molecule has 0 aliphatic rings. The molecule has 0 saturated carbocycles. The Morgan fingerprint density at radius 1 is 1.09 bits per heavy atom. The number of nitrogens with two attached hydrogens (primary N) is 1. The van der Waals surface area contributed by atoms with Crippen LogP contribution < -0.4 is 26.1 Å². The molecule has 0 bridgehead atoms. The Labute approximate surface area is 195 Å². The van der Waals surface area contributed by atoms with E-state index in [0.29, 0.717) is 11.6 Å². The number of carboxylic acids is 1. The van der Waals surface area contributed by atoms with Gasteiger partial charge in [0.2, 0.25) is 5.88 Å². The minimum absolute atomic E-state index is 0.119. The normalized spacial score (nSPS) is 10.5. The molecular weight excluding hydrogens is 446 g/mol. The van der Waals surface area contributed by atoms with E-state index in [9.17, 15) is 19.5 Å². The van der Waals surface area contributed by atoms with Gasteiger partial charge in [0.15, 0.2) is 5.56 Å². The number of carbonyl (C=O) groups is 2. The number of aromatic hydroxyl groups is 1. The molecule has 3 aromatic rings. The van der Waals surface area contributed by atoms with E-state index >= 15 is 0 Å². The van der Waals surface area contributed by atoms with E-state index in [-0.39, 0.29) is 17.9 Å². The largest absolute Gasteiger partial charge is 0.493 e. The molecule has 3 aromatic heterocycles. The maximum Gasteiger partial charge on any atom is 0.322 e. The number of hydrogen-bond donors (Lipinski definition) is 4. The van der Waals surface area contributed by atoms with Gasteiger partial charge in [0, 0.05) is 0 Å². The lowest BCUT2D eigenvalue weighted by molar-refractivity contribution is -0.135. The van der Waals surface area contributed by atoms with Crippen molar-refractivity contribution in [3.05, 3.63) is 52.6 Å². The highest BCUT2D eigenvalue weighted by Gasteiger charge is 2.20. The average Bonchev–Trinajstić information content (AvgIpc) is 2.74. The van der Waals surface area contributed by atoms with Crippen LogP contribution in [0.5, 0.6) is 17.4 Å². The van der Waals surface area contributed by atoms with Crippen molar-refractivity contribution in [3.8, 4) is 17.4 Å². The Balaban J connectivity index is 0.000000310. The monoisotopic (exact) mass is 473 g/mol. The third-order valence-electron chi connectivity index (χ3n) is 3.91. The first-order chi connectivity index (χ1) is 16.0. The minimum Gasteiger partial charge on any atom is -0.493 e. The number of nitrogens with one attached hydrogen (secondary N) is 1. The van der Waals surface area contributed by atoms with Crippen LogP contribution in [0.1, 0.15) is 38.1 Å². The summed E-state index contributed by atoms with van der Waals surface area (Å²) in [5.41, 5.74) is 4.05. The van der Waals surface area contributed by atoms with Crippen molar-refractivity contribution in [2.24, 2.45) is 0 Å². The summed E-state index contributed by atoms with van der Waals surface area (Å²) in [6, 6.07) is 6.56. The van der Waals surface area contributed by atoms with Gasteiger partial charge in [-0.25, -0.2) is 4.98 Å². The van der Waals surface area contributed by atoms with Gasteiger partial charge in [-0.1, -0.05) is 0 Å². The van der Waals surface area contributed by atoms with Crippen molar-refractivity contribution in [2.75, 3.05) is 12.3 Å². The number of carboxylic acid groups (broad SMARTS) is 1. The predicted molar refractivity (Wildman–Crippen MR) is 123 cm³/mol. The highest BCUT2D eigenvalue weighted by molar-refractivity contribution is 5.97. The molecule has 12 nitrogen and oxygen atoms in total. The highest BCUT2D eigenvalue weighted by Crippen LogP contribution is 2.16. The molecule has 0 radical (unpaired) electrons. The smallest absolute Gasteiger partial charge is 0.322 e. The number of ether oxygens (including phenoxy) is 2. The Kier molecular flexibility index (Phi) is 8.76. The quantitative estimate of drug-likeness (QED) is 0.392. The number of carbonyl (C=O) groups excluding carboxylic acids is 1.